The van der Waals surface area contributed by atoms with Crippen LogP contribution in [0, 0.1) is 0 Å². The van der Waals surface area contributed by atoms with Gasteiger partial charge in [-0.25, -0.2) is 0 Å². The van der Waals surface area contributed by atoms with Gasteiger partial charge in [0.15, 0.2) is 0 Å². The SMILES string of the molecule is CCCC(=O)OC.Cl.Cl.Cl.Cl. The lowest BCUT2D eigenvalue weighted by Crippen LogP contribution is -1.97. The number of ether oxygens (including phenoxy) is 1. The summed E-state index contributed by atoms with van der Waals surface area (Å²) in [5, 5.41) is 0. The Kier molecular flexibility index (Phi) is 61.0. The van der Waals surface area contributed by atoms with Crippen molar-refractivity contribution in [2.45, 2.75) is 19.8 Å². The van der Waals surface area contributed by atoms with Gasteiger partial charge in [0.2, 0.25) is 0 Å². The van der Waals surface area contributed by atoms with Crippen molar-refractivity contribution in [1.82, 2.24) is 0 Å². The molecule has 0 heterocycles. The second-order valence-corrected chi connectivity index (χ2v) is 1.33. The van der Waals surface area contributed by atoms with E-state index in [-0.39, 0.29) is 55.6 Å². The maximum absolute atomic E-state index is 10.2. The zero-order valence-electron chi connectivity index (χ0n) is 6.36. The monoisotopic (exact) mass is 246 g/mol. The molecule has 0 aromatic rings. The Hall–Kier alpha value is 0.630. The molecule has 0 rings (SSSR count). The van der Waals surface area contributed by atoms with Crippen molar-refractivity contribution in [1.29, 1.82) is 0 Å². The molecule has 74 valence electrons. The third-order valence-electron chi connectivity index (χ3n) is 0.682. The summed E-state index contributed by atoms with van der Waals surface area (Å²) in [5.41, 5.74) is 0. The zero-order chi connectivity index (χ0) is 5.70. The summed E-state index contributed by atoms with van der Waals surface area (Å²) in [6.45, 7) is 1.94. The van der Waals surface area contributed by atoms with Crippen LogP contribution in [0.25, 0.3) is 0 Å². The average molecular weight is 248 g/mol. The highest BCUT2D eigenvalue weighted by molar-refractivity contribution is 5.86. The van der Waals surface area contributed by atoms with E-state index in [9.17, 15) is 4.79 Å². The van der Waals surface area contributed by atoms with Gasteiger partial charge in [-0.2, -0.15) is 0 Å². The van der Waals surface area contributed by atoms with Crippen LogP contribution in [-0.4, -0.2) is 13.1 Å². The van der Waals surface area contributed by atoms with E-state index in [1.165, 1.54) is 7.11 Å². The van der Waals surface area contributed by atoms with Gasteiger partial charge < -0.3 is 4.74 Å². The van der Waals surface area contributed by atoms with Crippen LogP contribution in [0.4, 0.5) is 0 Å². The Labute approximate surface area is 92.1 Å². The number of halogens is 4. The summed E-state index contributed by atoms with van der Waals surface area (Å²) >= 11 is 0. The first-order valence-corrected chi connectivity index (χ1v) is 2.38. The van der Waals surface area contributed by atoms with Crippen molar-refractivity contribution in [2.24, 2.45) is 0 Å². The Morgan fingerprint density at radius 2 is 1.55 bits per heavy atom. The van der Waals surface area contributed by atoms with Gasteiger partial charge in [0.05, 0.1) is 7.11 Å². The quantitative estimate of drug-likeness (QED) is 0.702. The van der Waals surface area contributed by atoms with E-state index in [4.69, 9.17) is 0 Å². The fraction of sp³-hybridized carbons (Fsp3) is 0.800. The van der Waals surface area contributed by atoms with Crippen molar-refractivity contribution in [3.05, 3.63) is 0 Å². The molecular formula is C5H14Cl4O2. The van der Waals surface area contributed by atoms with E-state index >= 15 is 0 Å². The highest BCUT2D eigenvalue weighted by atomic mass is 35.5. The molecular weight excluding hydrogens is 234 g/mol. The first-order chi connectivity index (χ1) is 3.31. The third-order valence-corrected chi connectivity index (χ3v) is 0.682. The molecule has 0 atom stereocenters. The predicted octanol–water partition coefficient (Wildman–Crippen LogP) is 2.65. The largest absolute Gasteiger partial charge is 0.469 e. The second kappa shape index (κ2) is 22.4. The molecule has 0 aliphatic carbocycles. The number of methoxy groups -OCH3 is 1. The predicted molar refractivity (Wildman–Crippen MR) is 55.9 cm³/mol. The molecule has 0 aliphatic heterocycles. The van der Waals surface area contributed by atoms with Crippen LogP contribution in [0.3, 0.4) is 0 Å². The molecule has 0 saturated carbocycles. The standard InChI is InChI=1S/C5H10O2.4ClH/c1-3-4-5(6)7-2;;;;/h3-4H2,1-2H3;4*1H. The van der Waals surface area contributed by atoms with Gasteiger partial charge in [-0.1, -0.05) is 6.92 Å². The molecule has 0 N–H and O–H groups in total. The molecule has 0 amide bonds. The molecule has 11 heavy (non-hydrogen) atoms. The molecule has 0 radical (unpaired) electrons. The highest BCUT2D eigenvalue weighted by Gasteiger charge is 1.92. The van der Waals surface area contributed by atoms with E-state index in [0.717, 1.165) is 6.42 Å². The van der Waals surface area contributed by atoms with E-state index in [1.54, 1.807) is 0 Å². The van der Waals surface area contributed by atoms with E-state index in [2.05, 4.69) is 4.74 Å². The summed E-state index contributed by atoms with van der Waals surface area (Å²) in [7, 11) is 1.40. The summed E-state index contributed by atoms with van der Waals surface area (Å²) in [6, 6.07) is 0. The van der Waals surface area contributed by atoms with Gasteiger partial charge in [0, 0.05) is 6.42 Å². The lowest BCUT2D eigenvalue weighted by atomic mass is 10.3. The second-order valence-electron chi connectivity index (χ2n) is 1.33. The Morgan fingerprint density at radius 1 is 1.18 bits per heavy atom. The van der Waals surface area contributed by atoms with Crippen LogP contribution in [0.2, 0.25) is 0 Å². The van der Waals surface area contributed by atoms with Crippen molar-refractivity contribution in [2.75, 3.05) is 7.11 Å². The van der Waals surface area contributed by atoms with Crippen LogP contribution in [0.5, 0.6) is 0 Å². The lowest BCUT2D eigenvalue weighted by molar-refractivity contribution is -0.140. The Balaban J connectivity index is -0.0000000300. The fourth-order valence-electron chi connectivity index (χ4n) is 0.306. The summed E-state index contributed by atoms with van der Waals surface area (Å²) in [6.07, 6.45) is 1.41. The number of hydrogen-bond acceptors (Lipinski definition) is 2. The third kappa shape index (κ3) is 25.0. The van der Waals surface area contributed by atoms with E-state index in [0.29, 0.717) is 6.42 Å². The normalized spacial score (nSPS) is 5.27. The van der Waals surface area contributed by atoms with Crippen LogP contribution >= 0.6 is 49.6 Å². The van der Waals surface area contributed by atoms with Crippen LogP contribution in [0.15, 0.2) is 0 Å². The fourth-order valence-corrected chi connectivity index (χ4v) is 0.306. The maximum Gasteiger partial charge on any atom is 0.305 e. The minimum absolute atomic E-state index is 0. The van der Waals surface area contributed by atoms with Crippen LogP contribution < -0.4 is 0 Å². The molecule has 0 aromatic carbocycles. The minimum Gasteiger partial charge on any atom is -0.469 e. The molecule has 2 nitrogen and oxygen atoms in total. The number of esters is 1. The molecule has 6 heteroatoms. The highest BCUT2D eigenvalue weighted by Crippen LogP contribution is 1.86. The van der Waals surface area contributed by atoms with Crippen LogP contribution in [0.1, 0.15) is 19.8 Å². The van der Waals surface area contributed by atoms with Crippen LogP contribution in [-0.2, 0) is 9.53 Å². The molecule has 0 fully saturated rings. The average Bonchev–Trinajstić information content (AvgIpc) is 1.68. The number of hydrogen-bond donors (Lipinski definition) is 0. The number of carbonyl (C=O) groups is 1. The van der Waals surface area contributed by atoms with Gasteiger partial charge in [0.1, 0.15) is 0 Å². The Bertz CT molecular complexity index is 69.5. The molecule has 0 aromatic heterocycles. The minimum atomic E-state index is -0.123. The molecule has 0 unspecified atom stereocenters. The number of rotatable bonds is 2. The first kappa shape index (κ1) is 29.9. The molecule has 0 saturated heterocycles. The number of carbonyl (C=O) groups excluding carboxylic acids is 1. The van der Waals surface area contributed by atoms with Crippen molar-refractivity contribution < 1.29 is 9.53 Å². The van der Waals surface area contributed by atoms with Gasteiger partial charge in [-0.15, -0.1) is 49.6 Å². The molecule has 0 spiro atoms. The van der Waals surface area contributed by atoms with E-state index < -0.39 is 0 Å². The van der Waals surface area contributed by atoms with Gasteiger partial charge in [-0.05, 0) is 6.42 Å². The zero-order valence-corrected chi connectivity index (χ0v) is 9.63. The summed E-state index contributed by atoms with van der Waals surface area (Å²) < 4.78 is 4.35. The van der Waals surface area contributed by atoms with E-state index in [1.807, 2.05) is 6.92 Å². The molecule has 0 bridgehead atoms. The Morgan fingerprint density at radius 3 is 1.64 bits per heavy atom. The smallest absolute Gasteiger partial charge is 0.305 e. The lowest BCUT2D eigenvalue weighted by Gasteiger charge is -1.91. The summed E-state index contributed by atoms with van der Waals surface area (Å²) in [4.78, 5) is 10.2. The topological polar surface area (TPSA) is 26.3 Å². The maximum atomic E-state index is 10.2. The van der Waals surface area contributed by atoms with Gasteiger partial charge >= 0.3 is 5.97 Å². The summed E-state index contributed by atoms with van der Waals surface area (Å²) in [5.74, 6) is -0.123. The van der Waals surface area contributed by atoms with Crippen molar-refractivity contribution in [3.63, 3.8) is 0 Å². The van der Waals surface area contributed by atoms with Gasteiger partial charge in [0.25, 0.3) is 0 Å². The van der Waals surface area contributed by atoms with Crippen molar-refractivity contribution in [3.8, 4) is 0 Å². The van der Waals surface area contributed by atoms with Gasteiger partial charge in [-0.3, -0.25) is 4.79 Å². The van der Waals surface area contributed by atoms with Crippen molar-refractivity contribution >= 4 is 55.6 Å². The first-order valence-electron chi connectivity index (χ1n) is 2.38. The molecule has 0 aliphatic rings.